The van der Waals surface area contributed by atoms with Crippen molar-refractivity contribution in [1.29, 1.82) is 0 Å². The first-order chi connectivity index (χ1) is 9.14. The van der Waals surface area contributed by atoms with Crippen molar-refractivity contribution in [2.45, 2.75) is 24.9 Å². The minimum absolute atomic E-state index is 0.00935. The van der Waals surface area contributed by atoms with E-state index in [0.29, 0.717) is 0 Å². The summed E-state index contributed by atoms with van der Waals surface area (Å²) in [5, 5.41) is 0. The third kappa shape index (κ3) is 2.22. The molecule has 3 nitrogen and oxygen atoms in total. The van der Waals surface area contributed by atoms with Crippen LogP contribution in [0.2, 0.25) is 4.34 Å². The lowest BCUT2D eigenvalue weighted by atomic mass is 9.85. The molecule has 3 rings (SSSR count). The van der Waals surface area contributed by atoms with Crippen molar-refractivity contribution in [2.75, 3.05) is 19.7 Å². The van der Waals surface area contributed by atoms with Crippen LogP contribution < -0.4 is 0 Å². The Hall–Kier alpha value is -0.840. The van der Waals surface area contributed by atoms with Crippen molar-refractivity contribution in [1.82, 2.24) is 4.90 Å². The van der Waals surface area contributed by atoms with Gasteiger partial charge < -0.3 is 9.64 Å². The summed E-state index contributed by atoms with van der Waals surface area (Å²) in [5.41, 5.74) is 1.10. The van der Waals surface area contributed by atoms with E-state index >= 15 is 0 Å². The third-order valence-electron chi connectivity index (χ3n) is 4.00. The molecule has 0 N–H and O–H groups in total. The average molecular weight is 298 g/mol. The molecule has 0 aliphatic carbocycles. The fourth-order valence-electron chi connectivity index (χ4n) is 2.98. The van der Waals surface area contributed by atoms with Gasteiger partial charge in [0.25, 0.3) is 0 Å². The molecule has 19 heavy (non-hydrogen) atoms. The number of hydrogen-bond acceptors (Lipinski definition) is 3. The van der Waals surface area contributed by atoms with Crippen LogP contribution in [0.15, 0.2) is 18.7 Å². The van der Waals surface area contributed by atoms with Crippen LogP contribution in [0.1, 0.15) is 23.3 Å². The van der Waals surface area contributed by atoms with Gasteiger partial charge in [-0.3, -0.25) is 4.79 Å². The number of ether oxygens (including phenoxy) is 1. The normalized spacial score (nSPS) is 21.2. The number of amides is 1. The van der Waals surface area contributed by atoms with Gasteiger partial charge in [0.15, 0.2) is 0 Å². The molecule has 0 radical (unpaired) electrons. The summed E-state index contributed by atoms with van der Waals surface area (Å²) in [5.74, 6) is 0.00935. The van der Waals surface area contributed by atoms with Crippen LogP contribution in [-0.4, -0.2) is 30.5 Å². The van der Waals surface area contributed by atoms with E-state index in [-0.39, 0.29) is 11.5 Å². The predicted octanol–water partition coefficient (Wildman–Crippen LogP) is 2.98. The number of hydrogen-bond donors (Lipinski definition) is 0. The van der Waals surface area contributed by atoms with E-state index in [9.17, 15) is 4.79 Å². The van der Waals surface area contributed by atoms with E-state index in [1.54, 1.807) is 11.3 Å². The fraction of sp³-hybridized carbons (Fsp3) is 0.500. The average Bonchev–Trinajstić information content (AvgIpc) is 2.81. The molecule has 102 valence electrons. The maximum absolute atomic E-state index is 11.6. The lowest BCUT2D eigenvalue weighted by Crippen LogP contribution is -2.47. The van der Waals surface area contributed by atoms with Crippen molar-refractivity contribution in [2.24, 2.45) is 0 Å². The van der Waals surface area contributed by atoms with Gasteiger partial charge >= 0.3 is 0 Å². The molecule has 1 saturated heterocycles. The van der Waals surface area contributed by atoms with Gasteiger partial charge in [-0.15, -0.1) is 11.3 Å². The maximum atomic E-state index is 11.6. The van der Waals surface area contributed by atoms with Crippen LogP contribution in [0.3, 0.4) is 0 Å². The zero-order valence-electron chi connectivity index (χ0n) is 10.7. The molecule has 3 heterocycles. The van der Waals surface area contributed by atoms with Gasteiger partial charge in [-0.2, -0.15) is 0 Å². The number of nitrogens with zero attached hydrogens (tertiary/aromatic N) is 1. The number of thiophene rings is 1. The molecule has 2 aliphatic rings. The van der Waals surface area contributed by atoms with Gasteiger partial charge in [0, 0.05) is 18.0 Å². The molecule has 1 fully saturated rings. The van der Waals surface area contributed by atoms with Crippen LogP contribution in [-0.2, 0) is 21.6 Å². The van der Waals surface area contributed by atoms with Gasteiger partial charge in [0.2, 0.25) is 5.91 Å². The van der Waals surface area contributed by atoms with Crippen molar-refractivity contribution in [3.8, 4) is 0 Å². The van der Waals surface area contributed by atoms with Gasteiger partial charge in [-0.25, -0.2) is 0 Å². The molecule has 2 aliphatic heterocycles. The molecule has 1 aromatic rings. The summed E-state index contributed by atoms with van der Waals surface area (Å²) in [6, 6.07) is 2.06. The summed E-state index contributed by atoms with van der Waals surface area (Å²) >= 11 is 7.77. The highest BCUT2D eigenvalue weighted by Crippen LogP contribution is 2.46. The third-order valence-corrected chi connectivity index (χ3v) is 5.49. The zero-order valence-corrected chi connectivity index (χ0v) is 12.2. The molecular formula is C14H16ClNO2S. The largest absolute Gasteiger partial charge is 0.369 e. The molecular weight excluding hydrogens is 282 g/mol. The van der Waals surface area contributed by atoms with E-state index in [1.807, 2.05) is 4.90 Å². The van der Waals surface area contributed by atoms with Gasteiger partial charge in [-0.05, 0) is 37.0 Å². The zero-order chi connectivity index (χ0) is 13.5. The molecule has 0 aromatic carbocycles. The molecule has 5 heteroatoms. The molecule has 0 bridgehead atoms. The Labute approximate surface area is 121 Å². The minimum Gasteiger partial charge on any atom is -0.369 e. The number of piperidine rings is 1. The second-order valence-electron chi connectivity index (χ2n) is 5.03. The Morgan fingerprint density at radius 2 is 2.26 bits per heavy atom. The van der Waals surface area contributed by atoms with Crippen LogP contribution in [0.25, 0.3) is 0 Å². The van der Waals surface area contributed by atoms with E-state index in [4.69, 9.17) is 16.3 Å². The van der Waals surface area contributed by atoms with Crippen LogP contribution >= 0.6 is 22.9 Å². The molecule has 0 saturated carbocycles. The van der Waals surface area contributed by atoms with E-state index in [2.05, 4.69) is 12.6 Å². The van der Waals surface area contributed by atoms with E-state index in [1.165, 1.54) is 16.5 Å². The number of carbonyl (C=O) groups excluding carboxylic acids is 1. The lowest BCUT2D eigenvalue weighted by Gasteiger charge is -2.43. The lowest BCUT2D eigenvalue weighted by molar-refractivity contribution is -0.135. The van der Waals surface area contributed by atoms with Crippen molar-refractivity contribution in [3.05, 3.63) is 33.5 Å². The van der Waals surface area contributed by atoms with Crippen LogP contribution in [0.4, 0.5) is 0 Å². The SMILES string of the molecule is C=CC(=O)N1CCC2(CC1)OCCc1cc(Cl)sc12. The van der Waals surface area contributed by atoms with Crippen molar-refractivity contribution >= 4 is 28.8 Å². The van der Waals surface area contributed by atoms with Crippen LogP contribution in [0.5, 0.6) is 0 Å². The standard InChI is InChI=1S/C14H16ClNO2S/c1-2-12(17)16-6-4-14(5-7-16)13-10(3-8-18-14)9-11(15)19-13/h2,9H,1,3-8H2. The van der Waals surface area contributed by atoms with Crippen molar-refractivity contribution in [3.63, 3.8) is 0 Å². The Bertz CT molecular complexity index is 518. The van der Waals surface area contributed by atoms with E-state index in [0.717, 1.165) is 43.3 Å². The highest BCUT2D eigenvalue weighted by molar-refractivity contribution is 7.16. The quantitative estimate of drug-likeness (QED) is 0.746. The Kier molecular flexibility index (Phi) is 3.41. The highest BCUT2D eigenvalue weighted by atomic mass is 35.5. The summed E-state index contributed by atoms with van der Waals surface area (Å²) in [7, 11) is 0. The van der Waals surface area contributed by atoms with Gasteiger partial charge in [0.05, 0.1) is 10.9 Å². The molecule has 1 spiro atoms. The topological polar surface area (TPSA) is 29.5 Å². The molecule has 1 amide bonds. The van der Waals surface area contributed by atoms with Crippen LogP contribution in [0, 0.1) is 0 Å². The Balaban J connectivity index is 1.83. The summed E-state index contributed by atoms with van der Waals surface area (Å²) in [6.07, 6.45) is 4.01. The fourth-order valence-corrected chi connectivity index (χ4v) is 4.48. The smallest absolute Gasteiger partial charge is 0.245 e. The minimum atomic E-state index is -0.219. The Morgan fingerprint density at radius 1 is 1.53 bits per heavy atom. The Morgan fingerprint density at radius 3 is 2.95 bits per heavy atom. The first kappa shape index (κ1) is 13.2. The number of halogens is 1. The second kappa shape index (κ2) is 4.93. The first-order valence-electron chi connectivity index (χ1n) is 6.49. The monoisotopic (exact) mass is 297 g/mol. The first-order valence-corrected chi connectivity index (χ1v) is 7.68. The predicted molar refractivity (Wildman–Crippen MR) is 76.7 cm³/mol. The maximum Gasteiger partial charge on any atom is 0.245 e. The summed E-state index contributed by atoms with van der Waals surface area (Å²) in [4.78, 5) is 14.7. The summed E-state index contributed by atoms with van der Waals surface area (Å²) < 4.78 is 6.93. The highest BCUT2D eigenvalue weighted by Gasteiger charge is 2.42. The number of likely N-dealkylation sites (tertiary alicyclic amines) is 1. The molecule has 0 atom stereocenters. The second-order valence-corrected chi connectivity index (χ2v) is 6.71. The number of carbonyl (C=O) groups is 1. The summed E-state index contributed by atoms with van der Waals surface area (Å²) in [6.45, 7) is 5.73. The molecule has 1 aromatic heterocycles. The number of fused-ring (bicyclic) bond motifs is 2. The molecule has 0 unspecified atom stereocenters. The number of rotatable bonds is 1. The van der Waals surface area contributed by atoms with E-state index < -0.39 is 0 Å². The van der Waals surface area contributed by atoms with Gasteiger partial charge in [-0.1, -0.05) is 18.2 Å². The van der Waals surface area contributed by atoms with Gasteiger partial charge in [0.1, 0.15) is 5.60 Å². The van der Waals surface area contributed by atoms with Crippen molar-refractivity contribution < 1.29 is 9.53 Å².